The average Bonchev–Trinajstić information content (AvgIpc) is 2.71. The van der Waals surface area contributed by atoms with Gasteiger partial charge in [-0.1, -0.05) is 34.1 Å². The van der Waals surface area contributed by atoms with Crippen molar-refractivity contribution in [1.82, 2.24) is 14.5 Å². The molecule has 0 fully saturated rings. The van der Waals surface area contributed by atoms with E-state index in [9.17, 15) is 14.4 Å². The number of hydrogen-bond acceptors (Lipinski definition) is 4. The lowest BCUT2D eigenvalue weighted by Gasteiger charge is -2.21. The van der Waals surface area contributed by atoms with Gasteiger partial charge in [-0.2, -0.15) is 0 Å². The smallest absolute Gasteiger partial charge is 0.262 e. The number of nitrogens with two attached hydrogens (primary N) is 1. The van der Waals surface area contributed by atoms with Crippen LogP contribution in [-0.2, 0) is 17.9 Å². The van der Waals surface area contributed by atoms with Gasteiger partial charge in [-0.05, 0) is 48.1 Å². The number of hydrogen-bond donors (Lipinski definition) is 2. The van der Waals surface area contributed by atoms with Crippen LogP contribution in [0, 0.1) is 4.77 Å². The third-order valence-corrected chi connectivity index (χ3v) is 5.31. The molecule has 3 aromatic rings. The number of rotatable bonds is 7. The number of allylic oxidation sites excluding steroid dienone is 1. The topological polar surface area (TPSA) is 101 Å². The average molecular weight is 487 g/mol. The highest BCUT2D eigenvalue weighted by atomic mass is 79.9. The molecule has 3 N–H and O–H groups in total. The summed E-state index contributed by atoms with van der Waals surface area (Å²) in [6.45, 7) is 3.89. The van der Waals surface area contributed by atoms with Crippen molar-refractivity contribution in [2.45, 2.75) is 13.1 Å². The summed E-state index contributed by atoms with van der Waals surface area (Å²) >= 11 is 8.61. The van der Waals surface area contributed by atoms with E-state index in [1.54, 1.807) is 24.3 Å². The van der Waals surface area contributed by atoms with Crippen molar-refractivity contribution in [2.24, 2.45) is 5.73 Å². The summed E-state index contributed by atoms with van der Waals surface area (Å²) in [5, 5.41) is 0.399. The highest BCUT2D eigenvalue weighted by molar-refractivity contribution is 9.10. The highest BCUT2D eigenvalue weighted by Crippen LogP contribution is 2.16. The van der Waals surface area contributed by atoms with Gasteiger partial charge in [0.25, 0.3) is 11.5 Å². The minimum Gasteiger partial charge on any atom is -0.368 e. The van der Waals surface area contributed by atoms with Crippen molar-refractivity contribution < 1.29 is 9.59 Å². The van der Waals surface area contributed by atoms with E-state index in [4.69, 9.17) is 18.0 Å². The zero-order valence-electron chi connectivity index (χ0n) is 15.9. The molecule has 0 saturated heterocycles. The Kier molecular flexibility index (Phi) is 6.63. The Balaban J connectivity index is 1.99. The van der Waals surface area contributed by atoms with E-state index >= 15 is 0 Å². The Morgan fingerprint density at radius 1 is 1.23 bits per heavy atom. The van der Waals surface area contributed by atoms with E-state index in [-0.39, 0.29) is 35.9 Å². The molecule has 1 aromatic heterocycles. The molecule has 0 bridgehead atoms. The predicted octanol–water partition coefficient (Wildman–Crippen LogP) is 3.14. The predicted molar refractivity (Wildman–Crippen MR) is 122 cm³/mol. The van der Waals surface area contributed by atoms with Gasteiger partial charge in [0.2, 0.25) is 5.91 Å². The SMILES string of the molecule is C=CCn1c(=S)[nH]c2cc(C(=O)N(CC(N)=O)Cc3ccc(Br)cc3)ccc2c1=O. The van der Waals surface area contributed by atoms with Crippen LogP contribution in [-0.4, -0.2) is 32.8 Å². The van der Waals surface area contributed by atoms with Crippen molar-refractivity contribution in [1.29, 1.82) is 0 Å². The number of H-pyrrole nitrogens is 1. The van der Waals surface area contributed by atoms with Crippen molar-refractivity contribution in [3.63, 3.8) is 0 Å². The second-order valence-corrected chi connectivity index (χ2v) is 7.95. The minimum absolute atomic E-state index is 0.212. The number of halogens is 1. The number of nitrogens with one attached hydrogen (secondary N) is 1. The highest BCUT2D eigenvalue weighted by Gasteiger charge is 2.19. The summed E-state index contributed by atoms with van der Waals surface area (Å²) in [6.07, 6.45) is 1.58. The number of aromatic amines is 1. The van der Waals surface area contributed by atoms with Crippen LogP contribution in [0.3, 0.4) is 0 Å². The molecule has 0 aliphatic heterocycles. The van der Waals surface area contributed by atoms with E-state index < -0.39 is 5.91 Å². The van der Waals surface area contributed by atoms with Gasteiger partial charge < -0.3 is 15.6 Å². The van der Waals surface area contributed by atoms with Crippen LogP contribution < -0.4 is 11.3 Å². The number of primary amides is 1. The van der Waals surface area contributed by atoms with Crippen LogP contribution in [0.25, 0.3) is 10.9 Å². The summed E-state index contributed by atoms with van der Waals surface area (Å²) in [5.74, 6) is -0.999. The molecule has 0 spiro atoms. The first-order valence-electron chi connectivity index (χ1n) is 9.00. The Labute approximate surface area is 185 Å². The van der Waals surface area contributed by atoms with E-state index in [1.165, 1.54) is 9.47 Å². The fraction of sp³-hybridized carbons (Fsp3) is 0.143. The Hall–Kier alpha value is -3.04. The molecular weight excluding hydrogens is 468 g/mol. The lowest BCUT2D eigenvalue weighted by Crippen LogP contribution is -2.38. The van der Waals surface area contributed by atoms with E-state index in [1.807, 2.05) is 24.3 Å². The van der Waals surface area contributed by atoms with Crippen molar-refractivity contribution >= 4 is 50.9 Å². The number of aromatic nitrogens is 2. The van der Waals surface area contributed by atoms with Gasteiger partial charge in [0.15, 0.2) is 4.77 Å². The number of fused-ring (bicyclic) bond motifs is 1. The van der Waals surface area contributed by atoms with Crippen LogP contribution >= 0.6 is 28.1 Å². The molecule has 0 saturated carbocycles. The van der Waals surface area contributed by atoms with Crippen LogP contribution in [0.5, 0.6) is 0 Å². The van der Waals surface area contributed by atoms with Crippen LogP contribution in [0.15, 0.2) is 64.4 Å². The van der Waals surface area contributed by atoms with E-state index in [0.29, 0.717) is 16.5 Å². The Morgan fingerprint density at radius 3 is 2.57 bits per heavy atom. The maximum Gasteiger partial charge on any atom is 0.262 e. The molecule has 9 heteroatoms. The zero-order chi connectivity index (χ0) is 21.8. The van der Waals surface area contributed by atoms with E-state index in [0.717, 1.165) is 10.0 Å². The van der Waals surface area contributed by atoms with Gasteiger partial charge in [0.1, 0.15) is 0 Å². The zero-order valence-corrected chi connectivity index (χ0v) is 18.3. The van der Waals surface area contributed by atoms with E-state index in [2.05, 4.69) is 27.5 Å². The monoisotopic (exact) mass is 486 g/mol. The van der Waals surface area contributed by atoms with Gasteiger partial charge in [-0.3, -0.25) is 19.0 Å². The molecule has 2 aromatic carbocycles. The van der Waals surface area contributed by atoms with Gasteiger partial charge in [-0.25, -0.2) is 0 Å². The molecular formula is C21H19BrN4O3S. The lowest BCUT2D eigenvalue weighted by molar-refractivity contribution is -0.118. The first kappa shape index (κ1) is 21.7. The molecule has 0 aliphatic carbocycles. The lowest BCUT2D eigenvalue weighted by atomic mass is 10.1. The van der Waals surface area contributed by atoms with Gasteiger partial charge >= 0.3 is 0 Å². The van der Waals surface area contributed by atoms with Gasteiger partial charge in [-0.15, -0.1) is 6.58 Å². The molecule has 3 rings (SSSR count). The Morgan fingerprint density at radius 2 is 1.93 bits per heavy atom. The molecule has 1 heterocycles. The fourth-order valence-corrected chi connectivity index (χ4v) is 3.59. The molecule has 0 radical (unpaired) electrons. The number of benzene rings is 2. The normalized spacial score (nSPS) is 10.7. The molecule has 0 aliphatic rings. The Bertz CT molecular complexity index is 1250. The quantitative estimate of drug-likeness (QED) is 0.395. The minimum atomic E-state index is -0.618. The molecule has 2 amide bonds. The first-order valence-corrected chi connectivity index (χ1v) is 10.2. The van der Waals surface area contributed by atoms with Crippen LogP contribution in [0.2, 0.25) is 0 Å². The molecule has 0 unspecified atom stereocenters. The summed E-state index contributed by atoms with van der Waals surface area (Å²) in [6, 6.07) is 12.1. The standard InChI is InChI=1S/C21H19BrN4O3S/c1-2-9-26-20(29)16-8-5-14(10-17(16)24-21(26)30)19(28)25(12-18(23)27)11-13-3-6-15(22)7-4-13/h2-8,10H,1,9,11-12H2,(H2,23,27)(H,24,30). The molecule has 7 nitrogen and oxygen atoms in total. The summed E-state index contributed by atoms with van der Waals surface area (Å²) < 4.78 is 2.53. The number of carbonyl (C=O) groups excluding carboxylic acids is 2. The summed E-state index contributed by atoms with van der Waals surface area (Å²) in [5.41, 5.74) is 6.69. The number of amides is 2. The first-order chi connectivity index (χ1) is 14.3. The number of carbonyl (C=O) groups is 2. The van der Waals surface area contributed by atoms with Crippen molar-refractivity contribution in [3.05, 3.63) is 85.8 Å². The molecule has 0 atom stereocenters. The van der Waals surface area contributed by atoms with Crippen molar-refractivity contribution in [2.75, 3.05) is 6.54 Å². The van der Waals surface area contributed by atoms with Crippen LogP contribution in [0.4, 0.5) is 0 Å². The van der Waals surface area contributed by atoms with Crippen molar-refractivity contribution in [3.8, 4) is 0 Å². The second-order valence-electron chi connectivity index (χ2n) is 6.65. The third kappa shape index (κ3) is 4.74. The van der Waals surface area contributed by atoms with Crippen LogP contribution in [0.1, 0.15) is 15.9 Å². The fourth-order valence-electron chi connectivity index (χ4n) is 3.06. The van der Waals surface area contributed by atoms with Gasteiger partial charge in [0, 0.05) is 23.1 Å². The molecule has 30 heavy (non-hydrogen) atoms. The second kappa shape index (κ2) is 9.19. The number of nitrogens with zero attached hydrogens (tertiary/aromatic N) is 2. The van der Waals surface area contributed by atoms with Gasteiger partial charge in [0.05, 0.1) is 17.4 Å². The third-order valence-electron chi connectivity index (χ3n) is 4.46. The summed E-state index contributed by atoms with van der Waals surface area (Å²) in [7, 11) is 0. The molecule has 154 valence electrons. The maximum absolute atomic E-state index is 13.1. The maximum atomic E-state index is 13.1. The largest absolute Gasteiger partial charge is 0.368 e. The summed E-state index contributed by atoms with van der Waals surface area (Å²) in [4.78, 5) is 41.6.